The van der Waals surface area contributed by atoms with Crippen molar-refractivity contribution < 1.29 is 9.90 Å². The van der Waals surface area contributed by atoms with E-state index < -0.39 is 0 Å². The van der Waals surface area contributed by atoms with E-state index in [2.05, 4.69) is 0 Å². The lowest BCUT2D eigenvalue weighted by Crippen LogP contribution is -1.92. The lowest BCUT2D eigenvalue weighted by atomic mass is 10.1. The average Bonchev–Trinajstić information content (AvgIpc) is 2.01. The fourth-order valence-corrected chi connectivity index (χ4v) is 1.35. The van der Waals surface area contributed by atoms with Gasteiger partial charge in [-0.25, -0.2) is 0 Å². The van der Waals surface area contributed by atoms with Crippen molar-refractivity contribution in [3.63, 3.8) is 0 Å². The maximum absolute atomic E-state index is 11.2. The Morgan fingerprint density at radius 3 is 2.58 bits per heavy atom. The number of benzene rings is 1. The summed E-state index contributed by atoms with van der Waals surface area (Å²) in [5.74, 6) is 0.146. The summed E-state index contributed by atoms with van der Waals surface area (Å²) in [7, 11) is 0. The molecule has 0 radical (unpaired) electrons. The summed E-state index contributed by atoms with van der Waals surface area (Å²) < 4.78 is 0. The van der Waals surface area contributed by atoms with Crippen LogP contribution in [0, 0.1) is 6.92 Å². The van der Waals surface area contributed by atoms with Gasteiger partial charge in [-0.1, -0.05) is 11.8 Å². The van der Waals surface area contributed by atoms with Gasteiger partial charge in [0.05, 0.1) is 0 Å². The largest absolute Gasteiger partial charge is 0.508 e. The molecular formula is C9H10O2S. The molecule has 1 rings (SSSR count). The van der Waals surface area contributed by atoms with Crippen LogP contribution in [0.4, 0.5) is 0 Å². The van der Waals surface area contributed by atoms with Crippen molar-refractivity contribution in [2.75, 3.05) is 6.26 Å². The first kappa shape index (κ1) is 9.13. The highest BCUT2D eigenvalue weighted by Crippen LogP contribution is 2.18. The van der Waals surface area contributed by atoms with E-state index in [1.54, 1.807) is 18.4 Å². The molecule has 0 fully saturated rings. The molecule has 0 aliphatic carbocycles. The summed E-state index contributed by atoms with van der Waals surface area (Å²) in [5.41, 5.74) is 1.45. The Morgan fingerprint density at radius 2 is 2.08 bits per heavy atom. The van der Waals surface area contributed by atoms with Crippen LogP contribution >= 0.6 is 11.8 Å². The molecule has 0 saturated carbocycles. The Kier molecular flexibility index (Phi) is 2.76. The molecule has 0 atom stereocenters. The van der Waals surface area contributed by atoms with Gasteiger partial charge in [-0.3, -0.25) is 4.79 Å². The van der Waals surface area contributed by atoms with Crippen molar-refractivity contribution in [3.05, 3.63) is 29.3 Å². The molecule has 1 aromatic rings. The van der Waals surface area contributed by atoms with E-state index in [4.69, 9.17) is 0 Å². The number of thioether (sulfide) groups is 1. The number of aromatic hydroxyl groups is 1. The maximum Gasteiger partial charge on any atom is 0.219 e. The van der Waals surface area contributed by atoms with Gasteiger partial charge < -0.3 is 5.11 Å². The third-order valence-corrected chi connectivity index (χ3v) is 2.09. The highest BCUT2D eigenvalue weighted by atomic mass is 32.2. The molecule has 0 unspecified atom stereocenters. The highest BCUT2D eigenvalue weighted by molar-refractivity contribution is 8.13. The van der Waals surface area contributed by atoms with E-state index in [1.165, 1.54) is 6.07 Å². The lowest BCUT2D eigenvalue weighted by Gasteiger charge is -2.00. The predicted molar refractivity (Wildman–Crippen MR) is 50.7 cm³/mol. The normalized spacial score (nSPS) is 9.83. The van der Waals surface area contributed by atoms with Crippen molar-refractivity contribution in [2.45, 2.75) is 6.92 Å². The van der Waals surface area contributed by atoms with Gasteiger partial charge in [0.2, 0.25) is 5.12 Å². The second-order valence-electron chi connectivity index (χ2n) is 2.55. The first-order valence-electron chi connectivity index (χ1n) is 3.52. The average molecular weight is 182 g/mol. The Bertz CT molecular complexity index is 287. The number of rotatable bonds is 1. The Labute approximate surface area is 75.6 Å². The minimum Gasteiger partial charge on any atom is -0.508 e. The van der Waals surface area contributed by atoms with Crippen LogP contribution in [0.2, 0.25) is 0 Å². The van der Waals surface area contributed by atoms with Crippen LogP contribution in [-0.4, -0.2) is 16.5 Å². The smallest absolute Gasteiger partial charge is 0.219 e. The molecule has 0 heterocycles. The van der Waals surface area contributed by atoms with Crippen LogP contribution in [0.25, 0.3) is 0 Å². The molecule has 12 heavy (non-hydrogen) atoms. The number of carbonyl (C=O) groups excluding carboxylic acids is 1. The van der Waals surface area contributed by atoms with Gasteiger partial charge in [0, 0.05) is 5.56 Å². The first-order valence-corrected chi connectivity index (χ1v) is 4.75. The fraction of sp³-hybridized carbons (Fsp3) is 0.222. The second-order valence-corrected chi connectivity index (χ2v) is 3.33. The van der Waals surface area contributed by atoms with Crippen LogP contribution in [0.15, 0.2) is 18.2 Å². The minimum absolute atomic E-state index is 0.0194. The van der Waals surface area contributed by atoms with Gasteiger partial charge in [-0.15, -0.1) is 0 Å². The summed E-state index contributed by atoms with van der Waals surface area (Å²) in [6.45, 7) is 1.84. The predicted octanol–water partition coefficient (Wildman–Crippen LogP) is 2.20. The highest BCUT2D eigenvalue weighted by Gasteiger charge is 2.04. The molecular weight excluding hydrogens is 172 g/mol. The van der Waals surface area contributed by atoms with Gasteiger partial charge in [0.1, 0.15) is 5.75 Å². The zero-order chi connectivity index (χ0) is 9.14. The zero-order valence-electron chi connectivity index (χ0n) is 7.00. The van der Waals surface area contributed by atoms with Gasteiger partial charge in [0.25, 0.3) is 0 Å². The number of aryl methyl sites for hydroxylation is 1. The fourth-order valence-electron chi connectivity index (χ4n) is 0.999. The summed E-state index contributed by atoms with van der Waals surface area (Å²) >= 11 is 1.15. The van der Waals surface area contributed by atoms with Gasteiger partial charge in [0.15, 0.2) is 0 Å². The molecule has 0 aromatic heterocycles. The maximum atomic E-state index is 11.2. The van der Waals surface area contributed by atoms with Crippen LogP contribution in [0.3, 0.4) is 0 Å². The molecule has 2 nitrogen and oxygen atoms in total. The molecule has 0 aliphatic rings. The van der Waals surface area contributed by atoms with E-state index in [-0.39, 0.29) is 10.9 Å². The van der Waals surface area contributed by atoms with Crippen molar-refractivity contribution in [3.8, 4) is 5.75 Å². The standard InChI is InChI=1S/C9H10O2S/c1-6-3-7(9(11)12-2)5-8(10)4-6/h3-5,10H,1-2H3. The van der Waals surface area contributed by atoms with Crippen LogP contribution < -0.4 is 0 Å². The molecule has 0 saturated heterocycles. The van der Waals surface area contributed by atoms with E-state index in [1.807, 2.05) is 6.92 Å². The number of phenols is 1. The van der Waals surface area contributed by atoms with E-state index >= 15 is 0 Å². The number of hydrogen-bond donors (Lipinski definition) is 1. The number of hydrogen-bond acceptors (Lipinski definition) is 3. The third kappa shape index (κ3) is 2.01. The minimum atomic E-state index is -0.0194. The summed E-state index contributed by atoms with van der Waals surface area (Å²) in [4.78, 5) is 11.2. The van der Waals surface area contributed by atoms with Gasteiger partial charge in [-0.2, -0.15) is 0 Å². The van der Waals surface area contributed by atoms with E-state index in [9.17, 15) is 9.90 Å². The van der Waals surface area contributed by atoms with Crippen molar-refractivity contribution in [1.82, 2.24) is 0 Å². The summed E-state index contributed by atoms with van der Waals surface area (Å²) in [6.07, 6.45) is 1.72. The molecule has 1 aromatic carbocycles. The molecule has 0 amide bonds. The number of phenolic OH excluding ortho intramolecular Hbond substituents is 1. The van der Waals surface area contributed by atoms with Gasteiger partial charge >= 0.3 is 0 Å². The topological polar surface area (TPSA) is 37.3 Å². The van der Waals surface area contributed by atoms with E-state index in [0.29, 0.717) is 5.56 Å². The third-order valence-electron chi connectivity index (χ3n) is 1.48. The number of carbonyl (C=O) groups is 1. The zero-order valence-corrected chi connectivity index (χ0v) is 7.81. The summed E-state index contributed by atoms with van der Waals surface area (Å²) in [5, 5.41) is 9.16. The van der Waals surface area contributed by atoms with Gasteiger partial charge in [-0.05, 0) is 36.9 Å². The Hall–Kier alpha value is -0.960. The molecule has 0 spiro atoms. The monoisotopic (exact) mass is 182 g/mol. The molecule has 3 heteroatoms. The summed E-state index contributed by atoms with van der Waals surface area (Å²) in [6, 6.07) is 4.86. The lowest BCUT2D eigenvalue weighted by molar-refractivity contribution is 0.108. The molecule has 64 valence electrons. The SMILES string of the molecule is CSC(=O)c1cc(C)cc(O)c1. The van der Waals surface area contributed by atoms with Crippen molar-refractivity contribution in [2.24, 2.45) is 0 Å². The van der Waals surface area contributed by atoms with E-state index in [0.717, 1.165) is 17.3 Å². The Morgan fingerprint density at radius 1 is 1.42 bits per heavy atom. The second kappa shape index (κ2) is 3.63. The first-order chi connectivity index (χ1) is 5.63. The van der Waals surface area contributed by atoms with Crippen LogP contribution in [0.1, 0.15) is 15.9 Å². The molecule has 0 bridgehead atoms. The quantitative estimate of drug-likeness (QED) is 0.723. The van der Waals surface area contributed by atoms with Crippen molar-refractivity contribution >= 4 is 16.9 Å². The van der Waals surface area contributed by atoms with Crippen LogP contribution in [-0.2, 0) is 0 Å². The van der Waals surface area contributed by atoms with Crippen molar-refractivity contribution in [1.29, 1.82) is 0 Å². The molecule has 0 aliphatic heterocycles. The van der Waals surface area contributed by atoms with Crippen LogP contribution in [0.5, 0.6) is 5.75 Å². The molecule has 1 N–H and O–H groups in total. The Balaban J connectivity index is 3.08.